The Morgan fingerprint density at radius 1 is 1.09 bits per heavy atom. The van der Waals surface area contributed by atoms with Gasteiger partial charge in [0.15, 0.2) is 12.6 Å². The van der Waals surface area contributed by atoms with E-state index < -0.39 is 0 Å². The second-order valence-corrected chi connectivity index (χ2v) is 7.76. The molecule has 0 spiro atoms. The molecule has 1 atom stereocenters. The van der Waals surface area contributed by atoms with Crippen LogP contribution in [0, 0.1) is 0 Å². The molecule has 3 rings (SSSR count). The maximum Gasteiger partial charge on any atom is 0.257 e. The number of aliphatic imine (C=N–C) groups is 1. The van der Waals surface area contributed by atoms with Crippen LogP contribution in [-0.2, 0) is 11.3 Å². The number of likely N-dealkylation sites (tertiary alicyclic amines) is 1. The maximum absolute atomic E-state index is 11.6. The quantitative estimate of drug-likeness (QED) is 0.465. The maximum atomic E-state index is 11.6. The third kappa shape index (κ3) is 6.64. The number of hydrogen-bond acceptors (Lipinski definition) is 4. The second kappa shape index (κ2) is 12.0. The van der Waals surface area contributed by atoms with Gasteiger partial charge in [0.1, 0.15) is 11.5 Å². The van der Waals surface area contributed by atoms with E-state index in [-0.39, 0.29) is 12.5 Å². The fourth-order valence-corrected chi connectivity index (χ4v) is 3.82. The van der Waals surface area contributed by atoms with Gasteiger partial charge in [0.2, 0.25) is 0 Å². The van der Waals surface area contributed by atoms with Crippen LogP contribution in [0.25, 0.3) is 0 Å². The third-order valence-corrected chi connectivity index (χ3v) is 5.46. The molecular weight excluding hydrogens is 404 g/mol. The van der Waals surface area contributed by atoms with Crippen molar-refractivity contribution in [2.75, 3.05) is 39.9 Å². The van der Waals surface area contributed by atoms with Gasteiger partial charge in [0.05, 0.1) is 13.7 Å². The Balaban J connectivity index is 1.61. The number of rotatable bonds is 9. The summed E-state index contributed by atoms with van der Waals surface area (Å²) in [6.07, 6.45) is 1.10. The van der Waals surface area contributed by atoms with E-state index in [9.17, 15) is 4.79 Å². The summed E-state index contributed by atoms with van der Waals surface area (Å²) >= 11 is 0. The number of nitrogens with zero attached hydrogens (tertiary/aromatic N) is 2. The van der Waals surface area contributed by atoms with Gasteiger partial charge in [-0.25, -0.2) is 4.99 Å². The highest BCUT2D eigenvalue weighted by Crippen LogP contribution is 2.28. The van der Waals surface area contributed by atoms with Crippen LogP contribution in [0.5, 0.6) is 11.5 Å². The molecule has 2 aromatic carbocycles. The highest BCUT2D eigenvalue weighted by Gasteiger charge is 2.26. The zero-order valence-corrected chi connectivity index (χ0v) is 19.3. The molecule has 0 radical (unpaired) electrons. The molecule has 7 nitrogen and oxygen atoms in total. The Bertz CT molecular complexity index is 898. The third-order valence-electron chi connectivity index (χ3n) is 5.46. The molecule has 1 amide bonds. The minimum absolute atomic E-state index is 0.0176. The SMILES string of the molecule is CCNC(=O)COc1cccc(CN=C(NCC)N2CCC(c3ccc(OC)cc3)C2)c1. The molecule has 0 aromatic heterocycles. The Morgan fingerprint density at radius 2 is 1.88 bits per heavy atom. The Labute approximate surface area is 190 Å². The van der Waals surface area contributed by atoms with E-state index in [1.165, 1.54) is 5.56 Å². The van der Waals surface area contributed by atoms with Crippen molar-refractivity contribution in [3.05, 3.63) is 59.7 Å². The summed E-state index contributed by atoms with van der Waals surface area (Å²) in [5.74, 6) is 2.85. The standard InChI is InChI=1S/C25H34N4O3/c1-4-26-24(30)18-32-23-8-6-7-19(15-23)16-28-25(27-5-2)29-14-13-21(17-29)20-9-11-22(31-3)12-10-20/h6-12,15,21H,4-5,13-14,16-18H2,1-3H3,(H,26,30)(H,27,28). The Morgan fingerprint density at radius 3 is 2.59 bits per heavy atom. The molecule has 1 aliphatic heterocycles. The molecule has 172 valence electrons. The molecule has 2 aromatic rings. The molecule has 1 saturated heterocycles. The lowest BCUT2D eigenvalue weighted by Crippen LogP contribution is -2.40. The number of amides is 1. The van der Waals surface area contributed by atoms with Gasteiger partial charge in [-0.2, -0.15) is 0 Å². The number of hydrogen-bond donors (Lipinski definition) is 2. The molecule has 2 N–H and O–H groups in total. The summed E-state index contributed by atoms with van der Waals surface area (Å²) in [7, 11) is 1.69. The lowest BCUT2D eigenvalue weighted by atomic mass is 9.98. The fraction of sp³-hybridized carbons (Fsp3) is 0.440. The van der Waals surface area contributed by atoms with Gasteiger partial charge in [-0.1, -0.05) is 24.3 Å². The van der Waals surface area contributed by atoms with E-state index in [4.69, 9.17) is 14.5 Å². The van der Waals surface area contributed by atoms with Crippen LogP contribution in [0.1, 0.15) is 37.3 Å². The summed E-state index contributed by atoms with van der Waals surface area (Å²) in [6, 6.07) is 16.1. The number of nitrogens with one attached hydrogen (secondary N) is 2. The summed E-state index contributed by atoms with van der Waals surface area (Å²) in [6.45, 7) is 7.86. The topological polar surface area (TPSA) is 75.2 Å². The molecule has 0 saturated carbocycles. The Kier molecular flexibility index (Phi) is 8.78. The number of carbonyl (C=O) groups excluding carboxylic acids is 1. The average molecular weight is 439 g/mol. The van der Waals surface area contributed by atoms with Crippen LogP contribution < -0.4 is 20.1 Å². The lowest BCUT2D eigenvalue weighted by Gasteiger charge is -2.22. The largest absolute Gasteiger partial charge is 0.497 e. The summed E-state index contributed by atoms with van der Waals surface area (Å²) in [5, 5.41) is 6.16. The van der Waals surface area contributed by atoms with Crippen molar-refractivity contribution >= 4 is 11.9 Å². The first kappa shape index (κ1) is 23.4. The van der Waals surface area contributed by atoms with Crippen LogP contribution in [0.4, 0.5) is 0 Å². The van der Waals surface area contributed by atoms with E-state index in [0.717, 1.165) is 43.3 Å². The van der Waals surface area contributed by atoms with Crippen molar-refractivity contribution in [1.82, 2.24) is 15.5 Å². The van der Waals surface area contributed by atoms with Gasteiger partial charge in [-0.15, -0.1) is 0 Å². The molecule has 32 heavy (non-hydrogen) atoms. The molecule has 1 fully saturated rings. The van der Waals surface area contributed by atoms with Crippen LogP contribution in [0.3, 0.4) is 0 Å². The molecule has 1 heterocycles. The lowest BCUT2D eigenvalue weighted by molar-refractivity contribution is -0.122. The van der Waals surface area contributed by atoms with Crippen molar-refractivity contribution < 1.29 is 14.3 Å². The molecule has 1 unspecified atom stereocenters. The van der Waals surface area contributed by atoms with Crippen molar-refractivity contribution in [3.8, 4) is 11.5 Å². The van der Waals surface area contributed by atoms with Gasteiger partial charge in [0.25, 0.3) is 5.91 Å². The van der Waals surface area contributed by atoms with Crippen LogP contribution in [-0.4, -0.2) is 56.7 Å². The van der Waals surface area contributed by atoms with Crippen LogP contribution in [0.2, 0.25) is 0 Å². The van der Waals surface area contributed by atoms with Crippen molar-refractivity contribution in [1.29, 1.82) is 0 Å². The average Bonchev–Trinajstić information content (AvgIpc) is 3.31. The predicted octanol–water partition coefficient (Wildman–Crippen LogP) is 3.17. The molecule has 1 aliphatic rings. The number of likely N-dealkylation sites (N-methyl/N-ethyl adjacent to an activating group) is 1. The number of ether oxygens (including phenoxy) is 2. The molecule has 0 aliphatic carbocycles. The van der Waals surface area contributed by atoms with Crippen molar-refractivity contribution in [3.63, 3.8) is 0 Å². The highest BCUT2D eigenvalue weighted by atomic mass is 16.5. The normalized spacial score (nSPS) is 16.0. The number of benzene rings is 2. The Hall–Kier alpha value is -3.22. The summed E-state index contributed by atoms with van der Waals surface area (Å²) in [4.78, 5) is 18.8. The predicted molar refractivity (Wildman–Crippen MR) is 127 cm³/mol. The van der Waals surface area contributed by atoms with E-state index in [1.807, 2.05) is 43.3 Å². The number of guanidine groups is 1. The minimum atomic E-state index is -0.120. The first-order chi connectivity index (χ1) is 15.6. The highest BCUT2D eigenvalue weighted by molar-refractivity contribution is 5.80. The van der Waals surface area contributed by atoms with E-state index in [1.54, 1.807) is 7.11 Å². The van der Waals surface area contributed by atoms with E-state index in [0.29, 0.717) is 24.8 Å². The van der Waals surface area contributed by atoms with E-state index in [2.05, 4.69) is 34.6 Å². The number of carbonyl (C=O) groups is 1. The van der Waals surface area contributed by atoms with Gasteiger partial charge in [0, 0.05) is 32.1 Å². The zero-order valence-electron chi connectivity index (χ0n) is 19.3. The van der Waals surface area contributed by atoms with Crippen LogP contribution >= 0.6 is 0 Å². The van der Waals surface area contributed by atoms with Crippen LogP contribution in [0.15, 0.2) is 53.5 Å². The van der Waals surface area contributed by atoms with Gasteiger partial charge in [-0.3, -0.25) is 4.79 Å². The molecular formula is C25H34N4O3. The van der Waals surface area contributed by atoms with Gasteiger partial charge >= 0.3 is 0 Å². The molecule has 7 heteroatoms. The van der Waals surface area contributed by atoms with Gasteiger partial charge in [-0.05, 0) is 55.7 Å². The zero-order chi connectivity index (χ0) is 22.8. The van der Waals surface area contributed by atoms with Crippen molar-refractivity contribution in [2.24, 2.45) is 4.99 Å². The minimum Gasteiger partial charge on any atom is -0.497 e. The monoisotopic (exact) mass is 438 g/mol. The smallest absolute Gasteiger partial charge is 0.257 e. The first-order valence-electron chi connectivity index (χ1n) is 11.3. The second-order valence-electron chi connectivity index (χ2n) is 7.76. The van der Waals surface area contributed by atoms with Gasteiger partial charge < -0.3 is 25.0 Å². The molecule has 0 bridgehead atoms. The first-order valence-corrected chi connectivity index (χ1v) is 11.3. The fourth-order valence-electron chi connectivity index (χ4n) is 3.82. The summed E-state index contributed by atoms with van der Waals surface area (Å²) < 4.78 is 10.9. The van der Waals surface area contributed by atoms with E-state index >= 15 is 0 Å². The van der Waals surface area contributed by atoms with Crippen molar-refractivity contribution in [2.45, 2.75) is 32.7 Å². The number of methoxy groups -OCH3 is 1. The summed E-state index contributed by atoms with van der Waals surface area (Å²) in [5.41, 5.74) is 2.38.